The largest absolute Gasteiger partial charge is 0.493 e. The molecule has 0 unspecified atom stereocenters. The highest BCUT2D eigenvalue weighted by atomic mass is 19.4. The second kappa shape index (κ2) is 5.55. The number of rotatable bonds is 4. The Bertz CT molecular complexity index is 613. The number of nitrogens with one attached hydrogen (secondary N) is 1. The minimum Gasteiger partial charge on any atom is -0.493 e. The number of alkyl halides is 3. The van der Waals surface area contributed by atoms with Crippen molar-refractivity contribution >= 4 is 0 Å². The number of hydrogen-bond donors (Lipinski definition) is 1. The fraction of sp³-hybridized carbons (Fsp3) is 0.308. The van der Waals surface area contributed by atoms with Crippen LogP contribution in [0.1, 0.15) is 5.69 Å². The molecule has 5 nitrogen and oxygen atoms in total. The molecule has 21 heavy (non-hydrogen) atoms. The minimum absolute atomic E-state index is 0.126. The first-order chi connectivity index (χ1) is 9.90. The summed E-state index contributed by atoms with van der Waals surface area (Å²) >= 11 is 0. The number of H-pyrrole nitrogens is 1. The van der Waals surface area contributed by atoms with Gasteiger partial charge in [0.25, 0.3) is 0 Å². The van der Waals surface area contributed by atoms with E-state index in [0.717, 1.165) is 6.07 Å². The summed E-state index contributed by atoms with van der Waals surface area (Å²) in [6.45, 7) is 0. The second-order valence-electron chi connectivity index (χ2n) is 4.08. The maximum Gasteiger partial charge on any atom is 0.432 e. The number of aromatic nitrogens is 2. The van der Waals surface area contributed by atoms with Crippen LogP contribution in [-0.4, -0.2) is 31.5 Å². The smallest absolute Gasteiger partial charge is 0.432 e. The van der Waals surface area contributed by atoms with E-state index < -0.39 is 11.9 Å². The van der Waals surface area contributed by atoms with Gasteiger partial charge in [-0.25, -0.2) is 0 Å². The fourth-order valence-electron chi connectivity index (χ4n) is 1.84. The van der Waals surface area contributed by atoms with Crippen molar-refractivity contribution in [3.8, 4) is 28.5 Å². The summed E-state index contributed by atoms with van der Waals surface area (Å²) in [5.41, 5.74) is -0.385. The third-order valence-electron chi connectivity index (χ3n) is 2.84. The van der Waals surface area contributed by atoms with E-state index in [-0.39, 0.29) is 5.69 Å². The highest BCUT2D eigenvalue weighted by molar-refractivity contribution is 5.68. The fourth-order valence-corrected chi connectivity index (χ4v) is 1.84. The average Bonchev–Trinajstić information content (AvgIpc) is 2.95. The lowest BCUT2D eigenvalue weighted by molar-refractivity contribution is -0.141. The molecule has 2 aromatic rings. The van der Waals surface area contributed by atoms with Crippen LogP contribution in [0.3, 0.4) is 0 Å². The SMILES string of the molecule is COc1cc(-c2cc(C(F)(F)F)[nH]n2)cc(OC)c1OC. The zero-order valence-electron chi connectivity index (χ0n) is 11.5. The van der Waals surface area contributed by atoms with E-state index in [1.165, 1.54) is 33.5 Å². The predicted octanol–water partition coefficient (Wildman–Crippen LogP) is 3.12. The monoisotopic (exact) mass is 302 g/mol. The van der Waals surface area contributed by atoms with Gasteiger partial charge in [-0.2, -0.15) is 18.3 Å². The Kier molecular flexibility index (Phi) is 3.97. The number of ether oxygens (including phenoxy) is 3. The predicted molar refractivity (Wildman–Crippen MR) is 68.7 cm³/mol. The Morgan fingerprint density at radius 1 is 0.952 bits per heavy atom. The molecule has 0 spiro atoms. The maximum absolute atomic E-state index is 12.6. The van der Waals surface area contributed by atoms with E-state index in [1.807, 2.05) is 5.10 Å². The van der Waals surface area contributed by atoms with Crippen LogP contribution in [0.25, 0.3) is 11.3 Å². The Balaban J connectivity index is 2.51. The van der Waals surface area contributed by atoms with Gasteiger partial charge in [-0.15, -0.1) is 0 Å². The summed E-state index contributed by atoms with van der Waals surface area (Å²) in [6.07, 6.45) is -4.48. The summed E-state index contributed by atoms with van der Waals surface area (Å²) in [4.78, 5) is 0. The number of benzene rings is 1. The third kappa shape index (κ3) is 2.88. The van der Waals surface area contributed by atoms with Crippen molar-refractivity contribution in [2.24, 2.45) is 0 Å². The van der Waals surface area contributed by atoms with Crippen molar-refractivity contribution in [3.63, 3.8) is 0 Å². The van der Waals surface area contributed by atoms with Crippen LogP contribution in [0.2, 0.25) is 0 Å². The van der Waals surface area contributed by atoms with Crippen molar-refractivity contribution in [2.75, 3.05) is 21.3 Å². The molecule has 1 aromatic heterocycles. The first-order valence-corrected chi connectivity index (χ1v) is 5.83. The van der Waals surface area contributed by atoms with E-state index >= 15 is 0 Å². The number of aromatic amines is 1. The lowest BCUT2D eigenvalue weighted by Gasteiger charge is -2.13. The molecule has 1 N–H and O–H groups in total. The van der Waals surface area contributed by atoms with Crippen LogP contribution < -0.4 is 14.2 Å². The van der Waals surface area contributed by atoms with Gasteiger partial charge in [0.15, 0.2) is 11.5 Å². The van der Waals surface area contributed by atoms with Crippen LogP contribution in [0.15, 0.2) is 18.2 Å². The molecule has 2 rings (SSSR count). The van der Waals surface area contributed by atoms with Crippen molar-refractivity contribution in [2.45, 2.75) is 6.18 Å². The third-order valence-corrected chi connectivity index (χ3v) is 2.84. The van der Waals surface area contributed by atoms with Gasteiger partial charge in [0.05, 0.1) is 27.0 Å². The van der Waals surface area contributed by atoms with E-state index in [4.69, 9.17) is 14.2 Å². The maximum atomic E-state index is 12.6. The van der Waals surface area contributed by atoms with E-state index in [1.54, 1.807) is 0 Å². The van der Waals surface area contributed by atoms with Gasteiger partial charge in [0.1, 0.15) is 5.69 Å². The lowest BCUT2D eigenvalue weighted by atomic mass is 10.1. The summed E-state index contributed by atoms with van der Waals surface area (Å²) in [7, 11) is 4.29. The second-order valence-corrected chi connectivity index (χ2v) is 4.08. The molecule has 0 saturated heterocycles. The van der Waals surface area contributed by atoms with Gasteiger partial charge in [-0.1, -0.05) is 0 Å². The molecule has 0 fully saturated rings. The van der Waals surface area contributed by atoms with Gasteiger partial charge >= 0.3 is 6.18 Å². The van der Waals surface area contributed by atoms with Crippen LogP contribution in [0, 0.1) is 0 Å². The number of methoxy groups -OCH3 is 3. The topological polar surface area (TPSA) is 56.4 Å². The molecule has 0 atom stereocenters. The Labute approximate surface area is 118 Å². The quantitative estimate of drug-likeness (QED) is 0.942. The van der Waals surface area contributed by atoms with E-state index in [2.05, 4.69) is 5.10 Å². The van der Waals surface area contributed by atoms with Crippen molar-refractivity contribution in [1.29, 1.82) is 0 Å². The molecule has 0 radical (unpaired) electrons. The number of nitrogens with zero attached hydrogens (tertiary/aromatic N) is 1. The van der Waals surface area contributed by atoms with Gasteiger partial charge in [0.2, 0.25) is 5.75 Å². The molecular formula is C13H13F3N2O3. The molecule has 114 valence electrons. The molecule has 1 aromatic carbocycles. The Morgan fingerprint density at radius 3 is 1.90 bits per heavy atom. The van der Waals surface area contributed by atoms with Crippen LogP contribution in [0.4, 0.5) is 13.2 Å². The zero-order chi connectivity index (χ0) is 15.6. The van der Waals surface area contributed by atoms with E-state index in [9.17, 15) is 13.2 Å². The molecule has 0 aliphatic rings. The van der Waals surface area contributed by atoms with Crippen LogP contribution in [0.5, 0.6) is 17.2 Å². The van der Waals surface area contributed by atoms with Gasteiger partial charge in [-0.05, 0) is 18.2 Å². The lowest BCUT2D eigenvalue weighted by Crippen LogP contribution is -2.04. The van der Waals surface area contributed by atoms with Crippen LogP contribution in [-0.2, 0) is 6.18 Å². The van der Waals surface area contributed by atoms with Gasteiger partial charge in [-0.3, -0.25) is 5.10 Å². The van der Waals surface area contributed by atoms with Crippen molar-refractivity contribution in [1.82, 2.24) is 10.2 Å². The molecule has 0 aliphatic heterocycles. The van der Waals surface area contributed by atoms with Crippen molar-refractivity contribution < 1.29 is 27.4 Å². The summed E-state index contributed by atoms with van der Waals surface area (Å²) in [6, 6.07) is 3.97. The summed E-state index contributed by atoms with van der Waals surface area (Å²) in [5, 5.41) is 5.62. The molecule has 0 aliphatic carbocycles. The molecular weight excluding hydrogens is 289 g/mol. The Morgan fingerprint density at radius 2 is 1.52 bits per heavy atom. The Hall–Kier alpha value is -2.38. The summed E-state index contributed by atoms with van der Waals surface area (Å²) in [5.74, 6) is 1.03. The normalized spacial score (nSPS) is 11.3. The molecule has 8 heteroatoms. The van der Waals surface area contributed by atoms with Gasteiger partial charge in [0, 0.05) is 5.56 Å². The van der Waals surface area contributed by atoms with Crippen LogP contribution >= 0.6 is 0 Å². The molecule has 0 amide bonds. The van der Waals surface area contributed by atoms with Gasteiger partial charge < -0.3 is 14.2 Å². The van der Waals surface area contributed by atoms with E-state index in [0.29, 0.717) is 22.8 Å². The summed E-state index contributed by atoms with van der Waals surface area (Å²) < 4.78 is 53.2. The standard InChI is InChI=1S/C13H13F3N2O3/c1-19-9-4-7(5-10(20-2)12(9)21-3)8-6-11(18-17-8)13(14,15)16/h4-6H,1-3H3,(H,17,18). The first kappa shape index (κ1) is 15.0. The molecule has 0 saturated carbocycles. The highest BCUT2D eigenvalue weighted by Gasteiger charge is 2.33. The number of halogens is 3. The highest BCUT2D eigenvalue weighted by Crippen LogP contribution is 2.41. The molecule has 0 bridgehead atoms. The average molecular weight is 302 g/mol. The number of hydrogen-bond acceptors (Lipinski definition) is 4. The zero-order valence-corrected chi connectivity index (χ0v) is 11.5. The first-order valence-electron chi connectivity index (χ1n) is 5.83. The molecule has 1 heterocycles. The minimum atomic E-state index is -4.48. The van der Waals surface area contributed by atoms with Crippen molar-refractivity contribution in [3.05, 3.63) is 23.9 Å².